The monoisotopic (exact) mass is 735 g/mol. The van der Waals surface area contributed by atoms with Crippen LogP contribution in [-0.4, -0.2) is 47.8 Å². The lowest BCUT2D eigenvalue weighted by Gasteiger charge is -2.23. The molecule has 8 nitrogen and oxygen atoms in total. The largest absolute Gasteiger partial charge is 0.472 e. The summed E-state index contributed by atoms with van der Waals surface area (Å²) in [6, 6.07) is -0.880. The molecule has 5 N–H and O–H groups in total. The van der Waals surface area contributed by atoms with Crippen molar-refractivity contribution in [2.75, 3.05) is 19.8 Å². The van der Waals surface area contributed by atoms with Crippen LogP contribution in [0.5, 0.6) is 0 Å². The van der Waals surface area contributed by atoms with Gasteiger partial charge in [-0.3, -0.25) is 13.8 Å². The number of amides is 1. The molecule has 0 saturated carbocycles. The Morgan fingerprint density at radius 3 is 1.67 bits per heavy atom. The molecule has 0 fully saturated rings. The molecular weight excluding hydrogens is 659 g/mol. The zero-order valence-electron chi connectivity index (χ0n) is 32.3. The summed E-state index contributed by atoms with van der Waals surface area (Å²) in [6.45, 7) is 3.96. The maximum absolute atomic E-state index is 12.7. The molecule has 3 atom stereocenters. The number of aliphatic hydroxyl groups is 1. The number of allylic oxidation sites excluding steroid dienone is 11. The van der Waals surface area contributed by atoms with Crippen LogP contribution in [0.2, 0.25) is 0 Å². The second kappa shape index (κ2) is 37.7. The van der Waals surface area contributed by atoms with Crippen molar-refractivity contribution in [2.24, 2.45) is 5.73 Å². The van der Waals surface area contributed by atoms with Crippen LogP contribution in [0, 0.1) is 0 Å². The molecule has 0 heterocycles. The molecule has 0 aromatic rings. The number of rotatable bonds is 36. The van der Waals surface area contributed by atoms with E-state index in [1.54, 1.807) is 6.08 Å². The molecule has 1 amide bonds. The molecule has 0 aliphatic heterocycles. The number of aliphatic hydroxyl groups excluding tert-OH is 1. The van der Waals surface area contributed by atoms with Crippen molar-refractivity contribution in [3.05, 3.63) is 72.9 Å². The first kappa shape index (κ1) is 48.9. The molecule has 294 valence electrons. The Bertz CT molecular complexity index is 1020. The second-order valence-electron chi connectivity index (χ2n) is 13.1. The van der Waals surface area contributed by atoms with E-state index >= 15 is 0 Å². The zero-order valence-corrected chi connectivity index (χ0v) is 33.2. The molecule has 0 saturated heterocycles. The predicted octanol–water partition coefficient (Wildman–Crippen LogP) is 10.9. The van der Waals surface area contributed by atoms with Gasteiger partial charge in [-0.2, -0.15) is 0 Å². The van der Waals surface area contributed by atoms with E-state index in [4.69, 9.17) is 14.8 Å². The van der Waals surface area contributed by atoms with E-state index in [1.807, 2.05) is 6.08 Å². The maximum atomic E-state index is 12.7. The van der Waals surface area contributed by atoms with Crippen molar-refractivity contribution in [3.63, 3.8) is 0 Å². The van der Waals surface area contributed by atoms with Crippen molar-refractivity contribution >= 4 is 13.7 Å². The number of hydrogen-bond acceptors (Lipinski definition) is 6. The number of phosphoric acid groups is 1. The fourth-order valence-electron chi connectivity index (χ4n) is 5.27. The summed E-state index contributed by atoms with van der Waals surface area (Å²) in [5.41, 5.74) is 5.36. The quantitative estimate of drug-likeness (QED) is 0.0286. The number of nitrogens with two attached hydrogens (primary N) is 1. The first-order valence-electron chi connectivity index (χ1n) is 20.1. The third-order valence-corrected chi connectivity index (χ3v) is 9.27. The summed E-state index contributed by atoms with van der Waals surface area (Å²) in [4.78, 5) is 22.6. The third kappa shape index (κ3) is 36.1. The second-order valence-corrected chi connectivity index (χ2v) is 14.6. The highest BCUT2D eigenvalue weighted by Crippen LogP contribution is 2.43. The van der Waals surface area contributed by atoms with E-state index in [-0.39, 0.29) is 25.7 Å². The summed E-state index contributed by atoms with van der Waals surface area (Å²) in [5.74, 6) is -0.230. The predicted molar refractivity (Wildman–Crippen MR) is 216 cm³/mol. The highest BCUT2D eigenvalue weighted by molar-refractivity contribution is 7.47. The molecule has 0 aromatic carbocycles. The Kier molecular flexibility index (Phi) is 36.2. The molecule has 0 aliphatic rings. The van der Waals surface area contributed by atoms with Gasteiger partial charge in [0.2, 0.25) is 5.91 Å². The number of carbonyl (C=O) groups excluding carboxylic acids is 1. The van der Waals surface area contributed by atoms with Crippen LogP contribution in [0.4, 0.5) is 0 Å². The van der Waals surface area contributed by atoms with Gasteiger partial charge in [-0.25, -0.2) is 4.57 Å². The number of hydrogen-bond donors (Lipinski definition) is 4. The Hall–Kier alpha value is -2.06. The van der Waals surface area contributed by atoms with Crippen LogP contribution in [-0.2, 0) is 18.4 Å². The molecule has 51 heavy (non-hydrogen) atoms. The topological polar surface area (TPSA) is 131 Å². The van der Waals surface area contributed by atoms with E-state index in [9.17, 15) is 19.4 Å². The van der Waals surface area contributed by atoms with E-state index in [0.29, 0.717) is 12.8 Å². The highest BCUT2D eigenvalue weighted by Gasteiger charge is 2.26. The number of phosphoric ester groups is 1. The molecular formula is C42H75N2O6P. The standard InChI is InChI=1S/C42H75N2O6P/c1-3-5-7-9-11-13-15-17-18-19-20-21-22-24-26-28-30-32-34-36-42(46)44-40(39-50-51(47,48)49-38-37-43)41(45)35-33-31-29-27-25-23-16-14-12-10-8-6-4-2/h5,7,11,13,17-18,20-21,24,26,33,35,40-41,45H,3-4,6,8-10,12,14-16,19,22-23,25,27-32,34,36-39,43H2,1-2H3,(H,44,46)(H,47,48)/b7-5-,13-11-,18-17-,21-20-,26-24-,35-33+. The molecule has 0 radical (unpaired) electrons. The van der Waals surface area contributed by atoms with Crippen LogP contribution in [0.25, 0.3) is 0 Å². The fourth-order valence-corrected chi connectivity index (χ4v) is 6.03. The normalized spacial score (nSPS) is 15.0. The number of carbonyl (C=O) groups is 1. The first-order chi connectivity index (χ1) is 24.9. The summed E-state index contributed by atoms with van der Waals surface area (Å²) in [6.07, 6.45) is 48.0. The van der Waals surface area contributed by atoms with Crippen molar-refractivity contribution in [1.29, 1.82) is 0 Å². The minimum Gasteiger partial charge on any atom is -0.387 e. The Balaban J connectivity index is 4.36. The summed E-state index contributed by atoms with van der Waals surface area (Å²) in [5, 5.41) is 13.6. The summed E-state index contributed by atoms with van der Waals surface area (Å²) in [7, 11) is -4.35. The molecule has 0 spiro atoms. The maximum Gasteiger partial charge on any atom is 0.472 e. The average molecular weight is 735 g/mol. The van der Waals surface area contributed by atoms with Gasteiger partial charge in [0.25, 0.3) is 0 Å². The van der Waals surface area contributed by atoms with Gasteiger partial charge in [0.15, 0.2) is 0 Å². The smallest absolute Gasteiger partial charge is 0.387 e. The highest BCUT2D eigenvalue weighted by atomic mass is 31.2. The SMILES string of the molecule is CC/C=C\C/C=C\C/C=C\C/C=C\C/C=C\CCCCCC(=O)NC(COP(=O)(O)OCCN)C(O)/C=C/CCCCCCCCCCCCC. The Morgan fingerprint density at radius 1 is 0.667 bits per heavy atom. The van der Waals surface area contributed by atoms with Crippen molar-refractivity contribution < 1.29 is 28.4 Å². The van der Waals surface area contributed by atoms with Crippen molar-refractivity contribution in [1.82, 2.24) is 5.32 Å². The first-order valence-corrected chi connectivity index (χ1v) is 21.6. The van der Waals surface area contributed by atoms with Gasteiger partial charge >= 0.3 is 7.82 Å². The van der Waals surface area contributed by atoms with Gasteiger partial charge in [-0.1, -0.05) is 157 Å². The Labute approximate surface area is 312 Å². The lowest BCUT2D eigenvalue weighted by atomic mass is 10.0. The lowest BCUT2D eigenvalue weighted by molar-refractivity contribution is -0.123. The summed E-state index contributed by atoms with van der Waals surface area (Å²) >= 11 is 0. The van der Waals surface area contributed by atoms with Gasteiger partial charge < -0.3 is 21.1 Å². The molecule has 0 rings (SSSR count). The zero-order chi connectivity index (χ0) is 37.5. The van der Waals surface area contributed by atoms with Gasteiger partial charge in [-0.15, -0.1) is 0 Å². The number of unbranched alkanes of at least 4 members (excludes halogenated alkanes) is 14. The number of nitrogens with one attached hydrogen (secondary N) is 1. The van der Waals surface area contributed by atoms with E-state index < -0.39 is 20.0 Å². The minimum atomic E-state index is -4.35. The molecule has 0 aliphatic carbocycles. The van der Waals surface area contributed by atoms with Crippen LogP contribution < -0.4 is 11.1 Å². The van der Waals surface area contributed by atoms with Crippen LogP contribution in [0.15, 0.2) is 72.9 Å². The fraction of sp³-hybridized carbons (Fsp3) is 0.690. The Morgan fingerprint density at radius 2 is 1.14 bits per heavy atom. The minimum absolute atomic E-state index is 0.0690. The summed E-state index contributed by atoms with van der Waals surface area (Å²) < 4.78 is 22.0. The van der Waals surface area contributed by atoms with E-state index in [2.05, 4.69) is 79.9 Å². The molecule has 0 bridgehead atoms. The lowest BCUT2D eigenvalue weighted by Crippen LogP contribution is -2.45. The molecule has 9 heteroatoms. The molecule has 3 unspecified atom stereocenters. The van der Waals surface area contributed by atoms with Crippen LogP contribution in [0.3, 0.4) is 0 Å². The van der Waals surface area contributed by atoms with Crippen LogP contribution >= 0.6 is 7.82 Å². The van der Waals surface area contributed by atoms with Gasteiger partial charge in [-0.05, 0) is 64.2 Å². The van der Waals surface area contributed by atoms with Crippen molar-refractivity contribution in [2.45, 2.75) is 167 Å². The van der Waals surface area contributed by atoms with Crippen molar-refractivity contribution in [3.8, 4) is 0 Å². The van der Waals surface area contributed by atoms with Gasteiger partial charge in [0.05, 0.1) is 25.4 Å². The van der Waals surface area contributed by atoms with E-state index in [0.717, 1.165) is 70.6 Å². The third-order valence-electron chi connectivity index (χ3n) is 8.29. The van der Waals surface area contributed by atoms with E-state index in [1.165, 1.54) is 57.8 Å². The van der Waals surface area contributed by atoms with Gasteiger partial charge in [0, 0.05) is 13.0 Å². The average Bonchev–Trinajstić information content (AvgIpc) is 3.12. The van der Waals surface area contributed by atoms with Crippen LogP contribution in [0.1, 0.15) is 155 Å². The van der Waals surface area contributed by atoms with Gasteiger partial charge in [0.1, 0.15) is 0 Å². The molecule has 0 aromatic heterocycles.